The van der Waals surface area contributed by atoms with E-state index in [1.165, 1.54) is 29.2 Å². The molecule has 0 aliphatic rings. The van der Waals surface area contributed by atoms with E-state index in [0.717, 1.165) is 0 Å². The number of benzene rings is 2. The van der Waals surface area contributed by atoms with Crippen LogP contribution >= 0.6 is 0 Å². The number of ether oxygens (including phenoxy) is 1. The fourth-order valence-electron chi connectivity index (χ4n) is 2.74. The first-order valence-electron chi connectivity index (χ1n) is 10.2. The number of carbonyl (C=O) groups is 2. The Kier molecular flexibility index (Phi) is 7.58. The van der Waals surface area contributed by atoms with Gasteiger partial charge in [-0.25, -0.2) is 22.6 Å². The fourth-order valence-corrected chi connectivity index (χ4v) is 3.81. The summed E-state index contributed by atoms with van der Waals surface area (Å²) in [6, 6.07) is 12.4. The van der Waals surface area contributed by atoms with Crippen molar-refractivity contribution in [2.24, 2.45) is 0 Å². The lowest BCUT2D eigenvalue weighted by Crippen LogP contribution is -2.37. The maximum Gasteiger partial charge on any atom is 0.407 e. The Morgan fingerprint density at radius 2 is 1.79 bits per heavy atom. The van der Waals surface area contributed by atoms with Gasteiger partial charge in [-0.3, -0.25) is 4.79 Å². The zero-order chi connectivity index (χ0) is 24.8. The monoisotopic (exact) mass is 487 g/mol. The molecule has 180 valence electrons. The molecule has 0 aliphatic carbocycles. The molecule has 1 aromatic heterocycles. The van der Waals surface area contributed by atoms with Crippen molar-refractivity contribution in [2.45, 2.75) is 31.3 Å². The lowest BCUT2D eigenvalue weighted by Gasteiger charge is -2.19. The number of rotatable bonds is 8. The van der Waals surface area contributed by atoms with E-state index >= 15 is 0 Å². The van der Waals surface area contributed by atoms with E-state index in [0.29, 0.717) is 16.9 Å². The number of sulfonamides is 1. The smallest absolute Gasteiger partial charge is 0.407 e. The molecule has 0 fully saturated rings. The number of hydrogen-bond acceptors (Lipinski definition) is 8. The number of nitrogens with one attached hydrogen (secondary N) is 3. The van der Waals surface area contributed by atoms with Gasteiger partial charge in [-0.15, -0.1) is 5.10 Å². The Hall–Kier alpha value is -3.84. The minimum Gasteiger partial charge on any atom is -0.444 e. The molecule has 13 heteroatoms. The highest BCUT2D eigenvalue weighted by Crippen LogP contribution is 2.17. The molecular weight excluding hydrogens is 462 g/mol. The maximum absolute atomic E-state index is 12.6. The second-order valence-electron chi connectivity index (χ2n) is 8.11. The molecule has 34 heavy (non-hydrogen) atoms. The molecular formula is C21H25N7O5S. The van der Waals surface area contributed by atoms with Crippen LogP contribution in [0, 0.1) is 0 Å². The van der Waals surface area contributed by atoms with Crippen LogP contribution in [0.4, 0.5) is 10.5 Å². The van der Waals surface area contributed by atoms with Crippen molar-refractivity contribution in [3.05, 3.63) is 60.4 Å². The van der Waals surface area contributed by atoms with Gasteiger partial charge in [0.25, 0.3) is 5.91 Å². The number of hydrogen-bond donors (Lipinski definition) is 3. The number of amides is 2. The molecule has 1 heterocycles. The number of carbonyl (C=O) groups excluding carboxylic acids is 2. The molecule has 2 amide bonds. The van der Waals surface area contributed by atoms with Gasteiger partial charge in [0.05, 0.1) is 10.6 Å². The van der Waals surface area contributed by atoms with Crippen LogP contribution in [0.1, 0.15) is 31.1 Å². The van der Waals surface area contributed by atoms with Gasteiger partial charge in [0.1, 0.15) is 11.9 Å². The minimum atomic E-state index is -3.86. The van der Waals surface area contributed by atoms with Crippen LogP contribution in [0.3, 0.4) is 0 Å². The topological polar surface area (TPSA) is 157 Å². The summed E-state index contributed by atoms with van der Waals surface area (Å²) in [4.78, 5) is 24.2. The normalized spacial score (nSPS) is 11.6. The third-order valence-corrected chi connectivity index (χ3v) is 5.69. The van der Waals surface area contributed by atoms with Gasteiger partial charge in [-0.05, 0) is 73.7 Å². The van der Waals surface area contributed by atoms with Crippen LogP contribution in [0.5, 0.6) is 0 Å². The average Bonchev–Trinajstić information content (AvgIpc) is 3.31. The van der Waals surface area contributed by atoms with E-state index in [1.54, 1.807) is 51.1 Å². The Balaban J connectivity index is 1.57. The Morgan fingerprint density at radius 3 is 2.44 bits per heavy atom. The molecule has 3 N–H and O–H groups in total. The summed E-state index contributed by atoms with van der Waals surface area (Å²) < 4.78 is 34.1. The molecule has 3 rings (SSSR count). The number of anilines is 1. The Labute approximate surface area is 196 Å². The molecule has 0 saturated heterocycles. The van der Waals surface area contributed by atoms with Crippen LogP contribution in [0.15, 0.2) is 59.8 Å². The van der Waals surface area contributed by atoms with Crippen molar-refractivity contribution in [2.75, 3.05) is 18.4 Å². The van der Waals surface area contributed by atoms with E-state index in [2.05, 4.69) is 30.9 Å². The molecule has 3 aromatic rings. The second kappa shape index (κ2) is 10.4. The minimum absolute atomic E-state index is 0.0309. The van der Waals surface area contributed by atoms with Gasteiger partial charge in [-0.1, -0.05) is 6.07 Å². The van der Waals surface area contributed by atoms with E-state index in [4.69, 9.17) is 4.74 Å². The van der Waals surface area contributed by atoms with E-state index in [1.807, 2.05) is 0 Å². The van der Waals surface area contributed by atoms with Crippen molar-refractivity contribution in [3.63, 3.8) is 0 Å². The van der Waals surface area contributed by atoms with Crippen LogP contribution in [-0.4, -0.2) is 59.3 Å². The first kappa shape index (κ1) is 24.8. The van der Waals surface area contributed by atoms with Crippen molar-refractivity contribution >= 4 is 27.7 Å². The van der Waals surface area contributed by atoms with Crippen LogP contribution < -0.4 is 15.4 Å². The number of nitrogens with zero attached hydrogens (tertiary/aromatic N) is 4. The van der Waals surface area contributed by atoms with E-state index < -0.39 is 27.6 Å². The first-order chi connectivity index (χ1) is 16.0. The summed E-state index contributed by atoms with van der Waals surface area (Å²) in [5.41, 5.74) is 0.716. The molecule has 0 aliphatic heterocycles. The standard InChI is InChI=1S/C21H25N7O5S/c1-21(2,3)33-20(30)22-11-12-24-34(31,32)18-6-4-5-16(13-18)25-19(29)15-7-9-17(10-8-15)28-14-23-26-27-28/h4-10,13-14,24H,11-12H2,1-3H3,(H,22,30)(H,25,29). The molecule has 12 nitrogen and oxygen atoms in total. The third kappa shape index (κ3) is 7.08. The Morgan fingerprint density at radius 1 is 1.06 bits per heavy atom. The second-order valence-corrected chi connectivity index (χ2v) is 9.88. The molecule has 0 radical (unpaired) electrons. The Bertz CT molecular complexity index is 1240. The first-order valence-corrected chi connectivity index (χ1v) is 11.7. The lowest BCUT2D eigenvalue weighted by atomic mass is 10.2. The third-order valence-electron chi connectivity index (χ3n) is 4.23. The van der Waals surface area contributed by atoms with Gasteiger partial charge < -0.3 is 15.4 Å². The highest BCUT2D eigenvalue weighted by Gasteiger charge is 2.17. The fraction of sp³-hybridized carbons (Fsp3) is 0.286. The summed E-state index contributed by atoms with van der Waals surface area (Å²) in [5.74, 6) is -0.410. The lowest BCUT2D eigenvalue weighted by molar-refractivity contribution is 0.0528. The molecule has 0 spiro atoms. The quantitative estimate of drug-likeness (QED) is 0.405. The SMILES string of the molecule is CC(C)(C)OC(=O)NCCNS(=O)(=O)c1cccc(NC(=O)c2ccc(-n3cnnn3)cc2)c1. The van der Waals surface area contributed by atoms with E-state index in [-0.39, 0.29) is 18.0 Å². The number of tetrazole rings is 1. The number of alkyl carbamates (subject to hydrolysis) is 1. The average molecular weight is 488 g/mol. The number of aromatic nitrogens is 4. The zero-order valence-electron chi connectivity index (χ0n) is 18.8. The highest BCUT2D eigenvalue weighted by molar-refractivity contribution is 7.89. The predicted molar refractivity (Wildman–Crippen MR) is 123 cm³/mol. The van der Waals surface area contributed by atoms with Gasteiger partial charge in [0.15, 0.2) is 0 Å². The summed E-state index contributed by atoms with van der Waals surface area (Å²) in [6.07, 6.45) is 0.797. The van der Waals surface area contributed by atoms with Crippen molar-refractivity contribution in [3.8, 4) is 5.69 Å². The molecule has 0 unspecified atom stereocenters. The van der Waals surface area contributed by atoms with Gasteiger partial charge >= 0.3 is 6.09 Å². The van der Waals surface area contributed by atoms with Gasteiger partial charge in [-0.2, -0.15) is 0 Å². The van der Waals surface area contributed by atoms with Gasteiger partial charge in [0, 0.05) is 24.3 Å². The molecule has 0 atom stereocenters. The maximum atomic E-state index is 12.6. The molecule has 0 saturated carbocycles. The largest absolute Gasteiger partial charge is 0.444 e. The van der Waals surface area contributed by atoms with E-state index in [9.17, 15) is 18.0 Å². The summed E-state index contributed by atoms with van der Waals surface area (Å²) in [5, 5.41) is 16.0. The van der Waals surface area contributed by atoms with Crippen molar-refractivity contribution in [1.82, 2.24) is 30.2 Å². The summed E-state index contributed by atoms with van der Waals surface area (Å²) in [7, 11) is -3.86. The highest BCUT2D eigenvalue weighted by atomic mass is 32.2. The zero-order valence-corrected chi connectivity index (χ0v) is 19.7. The molecule has 2 aromatic carbocycles. The summed E-state index contributed by atoms with van der Waals surface area (Å²) in [6.45, 7) is 5.20. The predicted octanol–water partition coefficient (Wildman–Crippen LogP) is 1.72. The van der Waals surface area contributed by atoms with Crippen LogP contribution in [0.25, 0.3) is 5.69 Å². The van der Waals surface area contributed by atoms with Crippen molar-refractivity contribution in [1.29, 1.82) is 0 Å². The molecule has 0 bridgehead atoms. The van der Waals surface area contributed by atoms with Crippen LogP contribution in [0.2, 0.25) is 0 Å². The van der Waals surface area contributed by atoms with Crippen molar-refractivity contribution < 1.29 is 22.7 Å². The van der Waals surface area contributed by atoms with Crippen LogP contribution in [-0.2, 0) is 14.8 Å². The van der Waals surface area contributed by atoms with Gasteiger partial charge in [0.2, 0.25) is 10.0 Å². The summed E-state index contributed by atoms with van der Waals surface area (Å²) >= 11 is 0.